The van der Waals surface area contributed by atoms with E-state index in [0.29, 0.717) is 12.2 Å². The maximum absolute atomic E-state index is 10.7. The van der Waals surface area contributed by atoms with Crippen LogP contribution in [0.5, 0.6) is 0 Å². The first kappa shape index (κ1) is 10.8. The standard InChI is InChI=1S/C10H13N3O3/c14-13(15)10-7-11-4-3-9(10)12-6-8-2-1-5-16-8/h3-4,7-8H,1-2,5-6H2,(H,11,12). The van der Waals surface area contributed by atoms with E-state index in [1.165, 1.54) is 12.4 Å². The molecule has 0 spiro atoms. The van der Waals surface area contributed by atoms with Gasteiger partial charge in [0.25, 0.3) is 0 Å². The Labute approximate surface area is 92.8 Å². The van der Waals surface area contributed by atoms with E-state index in [0.717, 1.165) is 19.4 Å². The monoisotopic (exact) mass is 223 g/mol. The molecule has 2 heterocycles. The number of hydrogen-bond acceptors (Lipinski definition) is 5. The lowest BCUT2D eigenvalue weighted by molar-refractivity contribution is -0.384. The molecule has 16 heavy (non-hydrogen) atoms. The third kappa shape index (κ3) is 2.46. The largest absolute Gasteiger partial charge is 0.377 e. The average Bonchev–Trinajstić information content (AvgIpc) is 2.79. The molecule has 1 unspecified atom stereocenters. The van der Waals surface area contributed by atoms with Crippen LogP contribution in [-0.2, 0) is 4.74 Å². The minimum Gasteiger partial charge on any atom is -0.377 e. The number of nitro groups is 1. The molecule has 0 amide bonds. The number of rotatable bonds is 4. The molecule has 6 nitrogen and oxygen atoms in total. The smallest absolute Gasteiger partial charge is 0.310 e. The topological polar surface area (TPSA) is 77.3 Å². The summed E-state index contributed by atoms with van der Waals surface area (Å²) in [5.41, 5.74) is 0.496. The van der Waals surface area contributed by atoms with Gasteiger partial charge in [0.2, 0.25) is 0 Å². The lowest BCUT2D eigenvalue weighted by atomic mass is 10.2. The maximum Gasteiger partial charge on any atom is 0.310 e. The van der Waals surface area contributed by atoms with Gasteiger partial charge in [-0.05, 0) is 18.9 Å². The number of pyridine rings is 1. The van der Waals surface area contributed by atoms with E-state index in [9.17, 15) is 10.1 Å². The molecule has 1 saturated heterocycles. The zero-order valence-electron chi connectivity index (χ0n) is 8.76. The molecule has 1 fully saturated rings. The van der Waals surface area contributed by atoms with Crippen molar-refractivity contribution in [2.24, 2.45) is 0 Å². The molecule has 0 aromatic carbocycles. The summed E-state index contributed by atoms with van der Waals surface area (Å²) in [6.07, 6.45) is 5.01. The highest BCUT2D eigenvalue weighted by atomic mass is 16.6. The summed E-state index contributed by atoms with van der Waals surface area (Å²) in [5, 5.41) is 13.7. The van der Waals surface area contributed by atoms with E-state index in [2.05, 4.69) is 10.3 Å². The van der Waals surface area contributed by atoms with Crippen molar-refractivity contribution in [2.45, 2.75) is 18.9 Å². The first-order chi connectivity index (χ1) is 7.77. The van der Waals surface area contributed by atoms with Gasteiger partial charge in [0.15, 0.2) is 0 Å². The fourth-order valence-corrected chi connectivity index (χ4v) is 1.71. The fraction of sp³-hybridized carbons (Fsp3) is 0.500. The Balaban J connectivity index is 2.00. The minimum absolute atomic E-state index is 0.000460. The molecule has 2 rings (SSSR count). The predicted molar refractivity (Wildman–Crippen MR) is 58.4 cm³/mol. The zero-order valence-corrected chi connectivity index (χ0v) is 8.76. The van der Waals surface area contributed by atoms with Crippen molar-refractivity contribution >= 4 is 11.4 Å². The van der Waals surface area contributed by atoms with E-state index in [-0.39, 0.29) is 11.8 Å². The SMILES string of the molecule is O=[N+]([O-])c1cnccc1NCC1CCCO1. The molecule has 1 aliphatic rings. The molecule has 1 N–H and O–H groups in total. The second-order valence-electron chi connectivity index (χ2n) is 3.67. The number of nitrogens with zero attached hydrogens (tertiary/aromatic N) is 2. The van der Waals surface area contributed by atoms with Crippen LogP contribution in [0.2, 0.25) is 0 Å². The summed E-state index contributed by atoms with van der Waals surface area (Å²) in [6, 6.07) is 1.60. The van der Waals surface area contributed by atoms with Crippen molar-refractivity contribution in [3.8, 4) is 0 Å². The van der Waals surface area contributed by atoms with Crippen LogP contribution >= 0.6 is 0 Å². The highest BCUT2D eigenvalue weighted by Crippen LogP contribution is 2.22. The van der Waals surface area contributed by atoms with Crippen LogP contribution in [0.25, 0.3) is 0 Å². The van der Waals surface area contributed by atoms with Crippen molar-refractivity contribution in [2.75, 3.05) is 18.5 Å². The van der Waals surface area contributed by atoms with Crippen LogP contribution in [0.1, 0.15) is 12.8 Å². The van der Waals surface area contributed by atoms with Gasteiger partial charge in [-0.15, -0.1) is 0 Å². The van der Waals surface area contributed by atoms with Crippen molar-refractivity contribution in [1.82, 2.24) is 4.98 Å². The quantitative estimate of drug-likeness (QED) is 0.619. The fourth-order valence-electron chi connectivity index (χ4n) is 1.71. The van der Waals surface area contributed by atoms with Gasteiger partial charge in [0.05, 0.1) is 11.0 Å². The Bertz CT molecular complexity index is 377. The Kier molecular flexibility index (Phi) is 3.31. The molecule has 0 aliphatic carbocycles. The minimum atomic E-state index is -0.440. The summed E-state index contributed by atoms with van der Waals surface area (Å²) < 4.78 is 5.43. The Morgan fingerprint density at radius 1 is 1.69 bits per heavy atom. The van der Waals surface area contributed by atoms with Crippen molar-refractivity contribution < 1.29 is 9.66 Å². The van der Waals surface area contributed by atoms with E-state index < -0.39 is 4.92 Å². The van der Waals surface area contributed by atoms with Crippen LogP contribution < -0.4 is 5.32 Å². The van der Waals surface area contributed by atoms with E-state index >= 15 is 0 Å². The predicted octanol–water partition coefficient (Wildman–Crippen LogP) is 1.58. The van der Waals surface area contributed by atoms with E-state index in [4.69, 9.17) is 4.74 Å². The van der Waals surface area contributed by atoms with Gasteiger partial charge in [0, 0.05) is 19.3 Å². The van der Waals surface area contributed by atoms with Gasteiger partial charge in [-0.1, -0.05) is 0 Å². The maximum atomic E-state index is 10.7. The highest BCUT2D eigenvalue weighted by Gasteiger charge is 2.18. The molecule has 86 valence electrons. The zero-order chi connectivity index (χ0) is 11.4. The number of hydrogen-bond donors (Lipinski definition) is 1. The normalized spacial score (nSPS) is 19.6. The second kappa shape index (κ2) is 4.89. The molecule has 0 saturated carbocycles. The number of ether oxygens (including phenoxy) is 1. The molecule has 1 aliphatic heterocycles. The third-order valence-electron chi connectivity index (χ3n) is 2.54. The van der Waals surface area contributed by atoms with Crippen LogP contribution in [0, 0.1) is 10.1 Å². The summed E-state index contributed by atoms with van der Waals surface area (Å²) in [5.74, 6) is 0. The molecule has 6 heteroatoms. The molecular weight excluding hydrogens is 210 g/mol. The number of anilines is 1. The van der Waals surface area contributed by atoms with Gasteiger partial charge in [0.1, 0.15) is 11.9 Å². The third-order valence-corrected chi connectivity index (χ3v) is 2.54. The van der Waals surface area contributed by atoms with Crippen LogP contribution in [0.3, 0.4) is 0 Å². The molecule has 0 radical (unpaired) electrons. The summed E-state index contributed by atoms with van der Waals surface area (Å²) in [6.45, 7) is 1.38. The van der Waals surface area contributed by atoms with Crippen LogP contribution in [0.15, 0.2) is 18.5 Å². The molecule has 0 bridgehead atoms. The Morgan fingerprint density at radius 3 is 3.25 bits per heavy atom. The lowest BCUT2D eigenvalue weighted by Gasteiger charge is -2.11. The molecule has 1 atom stereocenters. The summed E-state index contributed by atoms with van der Waals surface area (Å²) in [4.78, 5) is 14.0. The average molecular weight is 223 g/mol. The van der Waals surface area contributed by atoms with Gasteiger partial charge >= 0.3 is 5.69 Å². The number of nitrogens with one attached hydrogen (secondary N) is 1. The summed E-state index contributed by atoms with van der Waals surface area (Å²) in [7, 11) is 0. The second-order valence-corrected chi connectivity index (χ2v) is 3.67. The van der Waals surface area contributed by atoms with E-state index in [1.807, 2.05) is 0 Å². The highest BCUT2D eigenvalue weighted by molar-refractivity contribution is 5.59. The molecular formula is C10H13N3O3. The lowest BCUT2D eigenvalue weighted by Crippen LogP contribution is -2.18. The van der Waals surface area contributed by atoms with Gasteiger partial charge in [-0.3, -0.25) is 15.1 Å². The van der Waals surface area contributed by atoms with Gasteiger partial charge in [-0.25, -0.2) is 0 Å². The first-order valence-electron chi connectivity index (χ1n) is 5.21. The van der Waals surface area contributed by atoms with Crippen molar-refractivity contribution in [3.05, 3.63) is 28.6 Å². The van der Waals surface area contributed by atoms with Gasteiger partial charge in [-0.2, -0.15) is 0 Å². The number of aromatic nitrogens is 1. The van der Waals surface area contributed by atoms with Crippen molar-refractivity contribution in [1.29, 1.82) is 0 Å². The Hall–Kier alpha value is -1.69. The van der Waals surface area contributed by atoms with Crippen LogP contribution in [-0.4, -0.2) is 29.2 Å². The first-order valence-corrected chi connectivity index (χ1v) is 5.21. The Morgan fingerprint density at radius 2 is 2.56 bits per heavy atom. The van der Waals surface area contributed by atoms with Crippen LogP contribution in [0.4, 0.5) is 11.4 Å². The molecule has 1 aromatic heterocycles. The van der Waals surface area contributed by atoms with Crippen molar-refractivity contribution in [3.63, 3.8) is 0 Å². The van der Waals surface area contributed by atoms with Gasteiger partial charge < -0.3 is 10.1 Å². The van der Waals surface area contributed by atoms with E-state index in [1.54, 1.807) is 6.07 Å². The molecule has 1 aromatic rings. The summed E-state index contributed by atoms with van der Waals surface area (Å²) >= 11 is 0.